The van der Waals surface area contributed by atoms with Gasteiger partial charge in [0, 0.05) is 0 Å². The Balaban J connectivity index is 1.82. The van der Waals surface area contributed by atoms with Crippen LogP contribution in [-0.2, 0) is 4.79 Å². The fourth-order valence-electron chi connectivity index (χ4n) is 1.96. The highest BCUT2D eigenvalue weighted by atomic mass is 16.5. The molecule has 2 rings (SSSR count). The summed E-state index contributed by atoms with van der Waals surface area (Å²) in [6, 6.07) is 13.6. The molecule has 22 heavy (non-hydrogen) atoms. The van der Waals surface area contributed by atoms with Gasteiger partial charge >= 0.3 is 0 Å². The SMILES string of the molecule is Cc1ccc(OCC(=O)N/N=C/c2ccc(C)cc2C)cc1. The van der Waals surface area contributed by atoms with Crippen molar-refractivity contribution >= 4 is 12.1 Å². The van der Waals surface area contributed by atoms with Gasteiger partial charge in [-0.25, -0.2) is 5.43 Å². The number of hydrogen-bond donors (Lipinski definition) is 1. The second-order valence-electron chi connectivity index (χ2n) is 5.25. The Kier molecular flexibility index (Phi) is 5.31. The summed E-state index contributed by atoms with van der Waals surface area (Å²) in [5.74, 6) is 0.376. The lowest BCUT2D eigenvalue weighted by molar-refractivity contribution is -0.123. The van der Waals surface area contributed by atoms with Crippen molar-refractivity contribution in [1.82, 2.24) is 5.43 Å². The fourth-order valence-corrected chi connectivity index (χ4v) is 1.96. The van der Waals surface area contributed by atoms with Crippen molar-refractivity contribution in [1.29, 1.82) is 0 Å². The second-order valence-corrected chi connectivity index (χ2v) is 5.25. The van der Waals surface area contributed by atoms with Crippen LogP contribution in [0.2, 0.25) is 0 Å². The molecule has 0 bridgehead atoms. The number of hydrazone groups is 1. The van der Waals surface area contributed by atoms with E-state index < -0.39 is 0 Å². The second kappa shape index (κ2) is 7.41. The monoisotopic (exact) mass is 296 g/mol. The van der Waals surface area contributed by atoms with Gasteiger partial charge in [-0.2, -0.15) is 5.10 Å². The van der Waals surface area contributed by atoms with Crippen molar-refractivity contribution in [2.45, 2.75) is 20.8 Å². The summed E-state index contributed by atoms with van der Waals surface area (Å²) >= 11 is 0. The van der Waals surface area contributed by atoms with Crippen molar-refractivity contribution in [2.75, 3.05) is 6.61 Å². The van der Waals surface area contributed by atoms with Crippen molar-refractivity contribution in [2.24, 2.45) is 5.10 Å². The zero-order chi connectivity index (χ0) is 15.9. The number of carbonyl (C=O) groups excluding carboxylic acids is 1. The first kappa shape index (κ1) is 15.8. The van der Waals surface area contributed by atoms with Gasteiger partial charge in [0.05, 0.1) is 6.21 Å². The third-order valence-electron chi connectivity index (χ3n) is 3.21. The fraction of sp³-hybridized carbons (Fsp3) is 0.222. The molecular weight excluding hydrogens is 276 g/mol. The number of nitrogens with zero attached hydrogens (tertiary/aromatic N) is 1. The summed E-state index contributed by atoms with van der Waals surface area (Å²) in [4.78, 5) is 11.7. The molecule has 0 radical (unpaired) electrons. The molecule has 0 saturated carbocycles. The molecule has 2 aromatic carbocycles. The van der Waals surface area contributed by atoms with E-state index in [0.29, 0.717) is 5.75 Å². The first-order chi connectivity index (χ1) is 10.5. The van der Waals surface area contributed by atoms with E-state index in [1.165, 1.54) is 5.56 Å². The van der Waals surface area contributed by atoms with Crippen LogP contribution < -0.4 is 10.2 Å². The van der Waals surface area contributed by atoms with Gasteiger partial charge in [0.25, 0.3) is 5.91 Å². The van der Waals surface area contributed by atoms with Crippen molar-refractivity contribution < 1.29 is 9.53 Å². The van der Waals surface area contributed by atoms with Gasteiger partial charge in [-0.3, -0.25) is 4.79 Å². The first-order valence-corrected chi connectivity index (χ1v) is 7.13. The van der Waals surface area contributed by atoms with E-state index in [4.69, 9.17) is 4.74 Å². The Bertz CT molecular complexity index is 676. The van der Waals surface area contributed by atoms with Gasteiger partial charge in [-0.05, 0) is 44.0 Å². The molecule has 0 fully saturated rings. The van der Waals surface area contributed by atoms with Crippen LogP contribution in [0.15, 0.2) is 47.6 Å². The molecule has 4 heteroatoms. The van der Waals surface area contributed by atoms with Gasteiger partial charge in [0.2, 0.25) is 0 Å². The average Bonchev–Trinajstić information content (AvgIpc) is 2.49. The molecule has 2 aromatic rings. The topological polar surface area (TPSA) is 50.7 Å². The number of hydrogen-bond acceptors (Lipinski definition) is 3. The summed E-state index contributed by atoms with van der Waals surface area (Å²) in [5, 5.41) is 3.95. The quantitative estimate of drug-likeness (QED) is 0.680. The van der Waals surface area contributed by atoms with Crippen LogP contribution in [0.5, 0.6) is 5.75 Å². The van der Waals surface area contributed by atoms with Crippen LogP contribution in [0.25, 0.3) is 0 Å². The van der Waals surface area contributed by atoms with E-state index >= 15 is 0 Å². The van der Waals surface area contributed by atoms with Crippen molar-refractivity contribution in [3.8, 4) is 5.75 Å². The first-order valence-electron chi connectivity index (χ1n) is 7.13. The Morgan fingerprint density at radius 1 is 1.09 bits per heavy atom. The number of carbonyl (C=O) groups is 1. The number of ether oxygens (including phenoxy) is 1. The van der Waals surface area contributed by atoms with Gasteiger partial charge in [0.15, 0.2) is 6.61 Å². The van der Waals surface area contributed by atoms with Crippen LogP contribution in [0.1, 0.15) is 22.3 Å². The number of benzene rings is 2. The Morgan fingerprint density at radius 3 is 2.45 bits per heavy atom. The molecule has 0 unspecified atom stereocenters. The lowest BCUT2D eigenvalue weighted by atomic mass is 10.1. The van der Waals surface area contributed by atoms with E-state index in [-0.39, 0.29) is 12.5 Å². The van der Waals surface area contributed by atoms with Gasteiger partial charge < -0.3 is 4.74 Å². The Morgan fingerprint density at radius 2 is 1.77 bits per heavy atom. The number of amides is 1. The van der Waals surface area contributed by atoms with E-state index in [1.807, 2.05) is 57.2 Å². The minimum absolute atomic E-state index is 0.0622. The highest BCUT2D eigenvalue weighted by Gasteiger charge is 2.01. The van der Waals surface area contributed by atoms with Crippen molar-refractivity contribution in [3.05, 3.63) is 64.7 Å². The average molecular weight is 296 g/mol. The predicted molar refractivity (Wildman–Crippen MR) is 88.3 cm³/mol. The molecule has 4 nitrogen and oxygen atoms in total. The lowest BCUT2D eigenvalue weighted by Gasteiger charge is -2.05. The third kappa shape index (κ3) is 4.74. The summed E-state index contributed by atoms with van der Waals surface area (Å²) in [6.07, 6.45) is 1.64. The molecule has 0 spiro atoms. The smallest absolute Gasteiger partial charge is 0.277 e. The largest absolute Gasteiger partial charge is 0.484 e. The van der Waals surface area contributed by atoms with E-state index in [0.717, 1.165) is 16.7 Å². The number of nitrogens with one attached hydrogen (secondary N) is 1. The molecule has 0 aromatic heterocycles. The summed E-state index contributed by atoms with van der Waals surface area (Å²) in [6.45, 7) is 5.99. The predicted octanol–water partition coefficient (Wildman–Crippen LogP) is 3.14. The molecule has 0 heterocycles. The molecule has 1 N–H and O–H groups in total. The number of rotatable bonds is 5. The standard InChI is InChI=1S/C18H20N2O2/c1-13-5-8-17(9-6-13)22-12-18(21)20-19-11-16-7-4-14(2)10-15(16)3/h4-11H,12H2,1-3H3,(H,20,21)/b19-11+. The van der Waals surface area contributed by atoms with Gasteiger partial charge in [-0.15, -0.1) is 0 Å². The highest BCUT2D eigenvalue weighted by molar-refractivity contribution is 5.84. The van der Waals surface area contributed by atoms with Gasteiger partial charge in [-0.1, -0.05) is 41.5 Å². The maximum absolute atomic E-state index is 11.7. The molecule has 114 valence electrons. The third-order valence-corrected chi connectivity index (χ3v) is 3.21. The molecule has 1 amide bonds. The van der Waals surface area contributed by atoms with Crippen LogP contribution in [0.4, 0.5) is 0 Å². The van der Waals surface area contributed by atoms with E-state index in [9.17, 15) is 4.79 Å². The Hall–Kier alpha value is -2.62. The minimum atomic E-state index is -0.290. The molecule has 0 aliphatic rings. The van der Waals surface area contributed by atoms with Crippen LogP contribution >= 0.6 is 0 Å². The summed E-state index contributed by atoms with van der Waals surface area (Å²) in [5.41, 5.74) is 6.90. The van der Waals surface area contributed by atoms with E-state index in [2.05, 4.69) is 16.6 Å². The zero-order valence-electron chi connectivity index (χ0n) is 13.1. The molecule has 0 aliphatic carbocycles. The minimum Gasteiger partial charge on any atom is -0.484 e. The summed E-state index contributed by atoms with van der Waals surface area (Å²) in [7, 11) is 0. The zero-order valence-corrected chi connectivity index (χ0v) is 13.1. The van der Waals surface area contributed by atoms with Crippen LogP contribution in [0, 0.1) is 20.8 Å². The lowest BCUT2D eigenvalue weighted by Crippen LogP contribution is -2.24. The molecule has 0 atom stereocenters. The van der Waals surface area contributed by atoms with E-state index in [1.54, 1.807) is 6.21 Å². The number of aryl methyl sites for hydroxylation is 3. The van der Waals surface area contributed by atoms with Gasteiger partial charge in [0.1, 0.15) is 5.75 Å². The van der Waals surface area contributed by atoms with Crippen molar-refractivity contribution in [3.63, 3.8) is 0 Å². The molecule has 0 aliphatic heterocycles. The summed E-state index contributed by atoms with van der Waals surface area (Å²) < 4.78 is 5.38. The molecular formula is C18H20N2O2. The normalized spacial score (nSPS) is 10.7. The Labute approximate surface area is 130 Å². The maximum atomic E-state index is 11.7. The van der Waals surface area contributed by atoms with Crippen LogP contribution in [-0.4, -0.2) is 18.7 Å². The highest BCUT2D eigenvalue weighted by Crippen LogP contribution is 2.11. The molecule has 0 saturated heterocycles. The maximum Gasteiger partial charge on any atom is 0.277 e. The van der Waals surface area contributed by atoms with Crippen LogP contribution in [0.3, 0.4) is 0 Å².